The van der Waals surface area contributed by atoms with E-state index >= 15 is 0 Å². The third kappa shape index (κ3) is 3.19. The Labute approximate surface area is 145 Å². The van der Waals surface area contributed by atoms with Crippen molar-refractivity contribution in [2.75, 3.05) is 13.1 Å². The van der Waals surface area contributed by atoms with Crippen molar-refractivity contribution in [3.8, 4) is 5.88 Å². The Hall–Kier alpha value is -1.35. The molecule has 0 unspecified atom stereocenters. The van der Waals surface area contributed by atoms with E-state index in [1.807, 2.05) is 0 Å². The highest BCUT2D eigenvalue weighted by Crippen LogP contribution is 2.30. The minimum atomic E-state index is -0.880. The molecule has 0 saturated carbocycles. The Kier molecular flexibility index (Phi) is 4.53. The zero-order chi connectivity index (χ0) is 15.7. The Morgan fingerprint density at radius 2 is 2.05 bits per heavy atom. The van der Waals surface area contributed by atoms with Crippen LogP contribution >= 0.6 is 34.2 Å². The summed E-state index contributed by atoms with van der Waals surface area (Å²) in [6, 6.07) is 1.79. The predicted molar refractivity (Wildman–Crippen MR) is 90.5 cm³/mol. The molecule has 2 aromatic rings. The number of carboxylic acid groups (broad SMARTS) is 1. The van der Waals surface area contributed by atoms with Gasteiger partial charge in [0.1, 0.15) is 11.3 Å². The summed E-state index contributed by atoms with van der Waals surface area (Å²) in [5.41, 5.74) is 0. The highest BCUT2D eigenvalue weighted by Gasteiger charge is 2.24. The van der Waals surface area contributed by atoms with Gasteiger partial charge in [0.05, 0.1) is 5.39 Å². The third-order valence-corrected chi connectivity index (χ3v) is 4.71. The summed E-state index contributed by atoms with van der Waals surface area (Å²) in [5, 5.41) is 11.2. The summed E-state index contributed by atoms with van der Waals surface area (Å²) in [5.74, 6) is 0.522. The van der Waals surface area contributed by atoms with Crippen LogP contribution in [0.1, 0.15) is 12.8 Å². The van der Waals surface area contributed by atoms with Gasteiger partial charge < -0.3 is 14.7 Å². The van der Waals surface area contributed by atoms with Gasteiger partial charge in [-0.15, -0.1) is 0 Å². The number of likely N-dealkylation sites (tertiary alicyclic amines) is 1. The molecule has 2 aromatic heterocycles. The van der Waals surface area contributed by atoms with Crippen LogP contribution in [0.4, 0.5) is 4.79 Å². The summed E-state index contributed by atoms with van der Waals surface area (Å²) in [7, 11) is 0. The van der Waals surface area contributed by atoms with Crippen LogP contribution in [0, 0.1) is 3.57 Å². The van der Waals surface area contributed by atoms with Gasteiger partial charge in [0.2, 0.25) is 5.88 Å². The largest absolute Gasteiger partial charge is 0.474 e. The molecule has 1 amide bonds. The van der Waals surface area contributed by atoms with Crippen molar-refractivity contribution in [1.29, 1.82) is 0 Å². The molecule has 1 fully saturated rings. The first-order chi connectivity index (χ1) is 10.5. The van der Waals surface area contributed by atoms with Gasteiger partial charge >= 0.3 is 6.09 Å². The highest BCUT2D eigenvalue weighted by atomic mass is 127. The van der Waals surface area contributed by atoms with Crippen LogP contribution in [0.25, 0.3) is 10.8 Å². The Bertz CT molecular complexity index is 720. The van der Waals surface area contributed by atoms with E-state index in [0.717, 1.165) is 14.3 Å². The van der Waals surface area contributed by atoms with Crippen LogP contribution in [0.5, 0.6) is 5.88 Å². The quantitative estimate of drug-likeness (QED) is 0.580. The van der Waals surface area contributed by atoms with Gasteiger partial charge in [-0.25, -0.2) is 14.8 Å². The van der Waals surface area contributed by atoms with Crippen LogP contribution in [0.2, 0.25) is 5.15 Å². The van der Waals surface area contributed by atoms with E-state index in [-0.39, 0.29) is 6.10 Å². The molecule has 0 atom stereocenters. The minimum Gasteiger partial charge on any atom is -0.474 e. The summed E-state index contributed by atoms with van der Waals surface area (Å²) < 4.78 is 6.95. The zero-order valence-corrected chi connectivity index (χ0v) is 14.4. The fourth-order valence-corrected chi connectivity index (χ4v) is 3.21. The summed E-state index contributed by atoms with van der Waals surface area (Å²) in [6.45, 7) is 0.957. The average Bonchev–Trinajstić information content (AvgIpc) is 2.51. The highest BCUT2D eigenvalue weighted by molar-refractivity contribution is 14.1. The number of amides is 1. The van der Waals surface area contributed by atoms with Gasteiger partial charge in [-0.3, -0.25) is 0 Å². The monoisotopic (exact) mass is 433 g/mol. The van der Waals surface area contributed by atoms with Gasteiger partial charge in [0, 0.05) is 47.3 Å². The Balaban J connectivity index is 1.80. The number of hydrogen-bond donors (Lipinski definition) is 1. The van der Waals surface area contributed by atoms with Gasteiger partial charge in [-0.2, -0.15) is 0 Å². The van der Waals surface area contributed by atoms with E-state index in [1.165, 1.54) is 4.90 Å². The van der Waals surface area contributed by atoms with Crippen LogP contribution in [-0.2, 0) is 0 Å². The van der Waals surface area contributed by atoms with Crippen molar-refractivity contribution in [3.63, 3.8) is 0 Å². The Morgan fingerprint density at radius 3 is 2.73 bits per heavy atom. The Morgan fingerprint density at radius 1 is 1.32 bits per heavy atom. The average molecular weight is 434 g/mol. The zero-order valence-electron chi connectivity index (χ0n) is 11.5. The number of hydrogen-bond acceptors (Lipinski definition) is 4. The standard InChI is InChI=1S/C14H13ClIN3O3/c15-12-5-9-10(6-17-12)13(18-7-11(9)16)22-8-1-3-19(4-2-8)14(20)21/h5-8H,1-4H2,(H,20,21). The molecular formula is C14H13ClIN3O3. The molecule has 0 aliphatic carbocycles. The number of carbonyl (C=O) groups is 1. The van der Waals surface area contributed by atoms with Crippen molar-refractivity contribution in [3.05, 3.63) is 27.2 Å². The molecule has 0 radical (unpaired) electrons. The molecule has 0 spiro atoms. The molecule has 0 aromatic carbocycles. The summed E-state index contributed by atoms with van der Waals surface area (Å²) in [4.78, 5) is 20.8. The van der Waals surface area contributed by atoms with Crippen molar-refractivity contribution >= 4 is 51.1 Å². The number of ether oxygens (including phenoxy) is 1. The first-order valence-electron chi connectivity index (χ1n) is 6.79. The van der Waals surface area contributed by atoms with Crippen LogP contribution in [-0.4, -0.2) is 45.3 Å². The number of pyridine rings is 2. The van der Waals surface area contributed by atoms with Crippen molar-refractivity contribution < 1.29 is 14.6 Å². The lowest BCUT2D eigenvalue weighted by Crippen LogP contribution is -2.41. The van der Waals surface area contributed by atoms with E-state index in [9.17, 15) is 4.79 Å². The van der Waals surface area contributed by atoms with Crippen molar-refractivity contribution in [1.82, 2.24) is 14.9 Å². The molecule has 1 saturated heterocycles. The van der Waals surface area contributed by atoms with Crippen molar-refractivity contribution in [2.24, 2.45) is 0 Å². The summed E-state index contributed by atoms with van der Waals surface area (Å²) in [6.07, 6.45) is 3.79. The third-order valence-electron chi connectivity index (χ3n) is 3.64. The molecule has 116 valence electrons. The molecular weight excluding hydrogens is 421 g/mol. The van der Waals surface area contributed by atoms with Crippen molar-refractivity contribution in [2.45, 2.75) is 18.9 Å². The molecule has 1 aliphatic rings. The van der Waals surface area contributed by atoms with E-state index < -0.39 is 6.09 Å². The maximum Gasteiger partial charge on any atom is 0.407 e. The SMILES string of the molecule is O=C(O)N1CCC(Oc2ncc(I)c3cc(Cl)ncc23)CC1. The molecule has 3 heterocycles. The molecule has 22 heavy (non-hydrogen) atoms. The predicted octanol–water partition coefficient (Wildman–Crippen LogP) is 3.41. The van der Waals surface area contributed by atoms with Crippen LogP contribution in [0.3, 0.4) is 0 Å². The van der Waals surface area contributed by atoms with Crippen LogP contribution in [0.15, 0.2) is 18.5 Å². The number of nitrogens with zero attached hydrogens (tertiary/aromatic N) is 3. The van der Waals surface area contributed by atoms with Gasteiger partial charge in [0.15, 0.2) is 0 Å². The minimum absolute atomic E-state index is 0.0398. The lowest BCUT2D eigenvalue weighted by molar-refractivity contribution is 0.0879. The maximum absolute atomic E-state index is 10.9. The molecule has 0 bridgehead atoms. The normalized spacial score (nSPS) is 16.0. The smallest absolute Gasteiger partial charge is 0.407 e. The number of piperidine rings is 1. The number of halogens is 2. The first kappa shape index (κ1) is 15.5. The first-order valence-corrected chi connectivity index (χ1v) is 8.24. The van der Waals surface area contributed by atoms with E-state index in [4.69, 9.17) is 21.4 Å². The number of rotatable bonds is 2. The van der Waals surface area contributed by atoms with E-state index in [1.54, 1.807) is 18.5 Å². The number of fused-ring (bicyclic) bond motifs is 1. The van der Waals surface area contributed by atoms with E-state index in [2.05, 4.69) is 32.6 Å². The molecule has 1 aliphatic heterocycles. The molecule has 3 rings (SSSR count). The van der Waals surface area contributed by atoms with Gasteiger partial charge in [-0.1, -0.05) is 11.6 Å². The summed E-state index contributed by atoms with van der Waals surface area (Å²) >= 11 is 8.14. The second-order valence-corrected chi connectivity index (χ2v) is 6.60. The molecule has 8 heteroatoms. The lowest BCUT2D eigenvalue weighted by Gasteiger charge is -2.30. The topological polar surface area (TPSA) is 75.5 Å². The van der Waals surface area contributed by atoms with Crippen LogP contribution < -0.4 is 4.74 Å². The molecule has 1 N–H and O–H groups in total. The lowest BCUT2D eigenvalue weighted by atomic mass is 10.1. The number of aromatic nitrogens is 2. The molecule has 6 nitrogen and oxygen atoms in total. The van der Waals surface area contributed by atoms with Gasteiger partial charge in [-0.05, 0) is 28.7 Å². The second kappa shape index (κ2) is 6.41. The van der Waals surface area contributed by atoms with E-state index in [0.29, 0.717) is 37.0 Å². The van der Waals surface area contributed by atoms with Gasteiger partial charge in [0.25, 0.3) is 0 Å². The fraction of sp³-hybridized carbons (Fsp3) is 0.357. The second-order valence-electron chi connectivity index (χ2n) is 5.05. The maximum atomic E-state index is 10.9. The fourth-order valence-electron chi connectivity index (χ4n) is 2.47.